The van der Waals surface area contributed by atoms with Crippen LogP contribution < -0.4 is 10.1 Å². The molecule has 0 aliphatic carbocycles. The molecule has 0 aromatic heterocycles. The Kier molecular flexibility index (Phi) is 8.11. The van der Waals surface area contributed by atoms with Gasteiger partial charge in [-0.2, -0.15) is 0 Å². The van der Waals surface area contributed by atoms with E-state index in [-0.39, 0.29) is 11.7 Å². The van der Waals surface area contributed by atoms with E-state index in [1.54, 1.807) is 0 Å². The van der Waals surface area contributed by atoms with Gasteiger partial charge >= 0.3 is 5.97 Å². The highest BCUT2D eigenvalue weighted by atomic mass is 32.2. The molecule has 0 bridgehead atoms. The zero-order valence-electron chi connectivity index (χ0n) is 14.8. The van der Waals surface area contributed by atoms with Crippen molar-refractivity contribution >= 4 is 23.6 Å². The minimum Gasteiger partial charge on any atom is -0.493 e. The first-order valence-electron chi connectivity index (χ1n) is 8.04. The van der Waals surface area contributed by atoms with E-state index in [2.05, 4.69) is 19.2 Å². The summed E-state index contributed by atoms with van der Waals surface area (Å²) in [5.41, 5.74) is 0.253. The standard InChI is InChI=1S/C18H27NO4S/c1-13(2)11-23-15-7-5-14(6-8-15)18(3,4)17(22)19-9-10-24-12-16(20)21/h5-8,13H,9-12H2,1-4H3,(H,19,22)(H,20,21). The molecule has 1 amide bonds. The normalized spacial score (nSPS) is 11.4. The van der Waals surface area contributed by atoms with Crippen molar-refractivity contribution in [1.29, 1.82) is 0 Å². The van der Waals surface area contributed by atoms with E-state index in [9.17, 15) is 9.59 Å². The first-order valence-corrected chi connectivity index (χ1v) is 9.20. The van der Waals surface area contributed by atoms with Crippen LogP contribution >= 0.6 is 11.8 Å². The molecule has 1 rings (SSSR count). The highest BCUT2D eigenvalue weighted by molar-refractivity contribution is 7.99. The second-order valence-corrected chi connectivity index (χ2v) is 7.66. The Balaban J connectivity index is 2.53. The lowest BCUT2D eigenvalue weighted by molar-refractivity contribution is -0.134. The fraction of sp³-hybridized carbons (Fsp3) is 0.556. The highest BCUT2D eigenvalue weighted by Gasteiger charge is 2.29. The van der Waals surface area contributed by atoms with Gasteiger partial charge in [-0.25, -0.2) is 0 Å². The third kappa shape index (κ3) is 6.83. The van der Waals surface area contributed by atoms with Crippen LogP contribution in [0.2, 0.25) is 0 Å². The van der Waals surface area contributed by atoms with E-state index < -0.39 is 11.4 Å². The number of carboxylic acids is 1. The van der Waals surface area contributed by atoms with Crippen LogP contribution in [0.4, 0.5) is 0 Å². The van der Waals surface area contributed by atoms with Crippen LogP contribution in [-0.4, -0.2) is 41.6 Å². The van der Waals surface area contributed by atoms with Gasteiger partial charge in [0.25, 0.3) is 0 Å². The van der Waals surface area contributed by atoms with E-state index in [4.69, 9.17) is 9.84 Å². The predicted molar refractivity (Wildman–Crippen MR) is 97.8 cm³/mol. The fourth-order valence-corrected chi connectivity index (χ4v) is 2.54. The predicted octanol–water partition coefficient (Wildman–Crippen LogP) is 2.93. The molecular weight excluding hydrogens is 326 g/mol. The van der Waals surface area contributed by atoms with E-state index in [1.165, 1.54) is 11.8 Å². The van der Waals surface area contributed by atoms with Crippen LogP contribution in [0.1, 0.15) is 33.3 Å². The molecule has 2 N–H and O–H groups in total. The second-order valence-electron chi connectivity index (χ2n) is 6.56. The molecule has 0 aliphatic heterocycles. The maximum atomic E-state index is 12.4. The molecule has 0 saturated heterocycles. The summed E-state index contributed by atoms with van der Waals surface area (Å²) in [7, 11) is 0. The minimum absolute atomic E-state index is 0.0527. The van der Waals surface area contributed by atoms with E-state index in [0.29, 0.717) is 24.8 Å². The van der Waals surface area contributed by atoms with Crippen LogP contribution in [0.3, 0.4) is 0 Å². The summed E-state index contributed by atoms with van der Waals surface area (Å²) < 4.78 is 5.66. The molecule has 0 saturated carbocycles. The van der Waals surface area contributed by atoms with Gasteiger partial charge in [0.05, 0.1) is 17.8 Å². The zero-order valence-corrected chi connectivity index (χ0v) is 15.6. The Labute approximate surface area is 148 Å². The lowest BCUT2D eigenvalue weighted by Gasteiger charge is -2.24. The third-order valence-corrected chi connectivity index (χ3v) is 4.43. The van der Waals surface area contributed by atoms with E-state index >= 15 is 0 Å². The Bertz CT molecular complexity index is 540. The molecule has 6 heteroatoms. The lowest BCUT2D eigenvalue weighted by atomic mass is 9.83. The number of ether oxygens (including phenoxy) is 1. The quantitative estimate of drug-likeness (QED) is 0.633. The number of carbonyl (C=O) groups is 2. The smallest absolute Gasteiger partial charge is 0.313 e. The zero-order chi connectivity index (χ0) is 18.2. The molecule has 5 nitrogen and oxygen atoms in total. The van der Waals surface area contributed by atoms with E-state index in [0.717, 1.165) is 11.3 Å². The Morgan fingerprint density at radius 1 is 1.25 bits per heavy atom. The topological polar surface area (TPSA) is 75.6 Å². The molecule has 134 valence electrons. The number of hydrogen-bond acceptors (Lipinski definition) is 4. The molecule has 0 unspecified atom stereocenters. The number of aliphatic carboxylic acids is 1. The Morgan fingerprint density at radius 2 is 1.88 bits per heavy atom. The average Bonchev–Trinajstić information content (AvgIpc) is 2.52. The van der Waals surface area contributed by atoms with Crippen LogP contribution in [0, 0.1) is 5.92 Å². The number of carboxylic acid groups (broad SMARTS) is 1. The number of amides is 1. The van der Waals surface area contributed by atoms with Crippen LogP contribution in [0.5, 0.6) is 5.75 Å². The molecule has 0 atom stereocenters. The van der Waals surface area contributed by atoms with Crippen molar-refractivity contribution in [3.63, 3.8) is 0 Å². The van der Waals surface area contributed by atoms with Crippen LogP contribution in [0.25, 0.3) is 0 Å². The molecular formula is C18H27NO4S. The third-order valence-electron chi connectivity index (χ3n) is 3.48. The van der Waals surface area contributed by atoms with Gasteiger partial charge < -0.3 is 15.2 Å². The van der Waals surface area contributed by atoms with Crippen molar-refractivity contribution in [1.82, 2.24) is 5.32 Å². The van der Waals surface area contributed by atoms with Crippen molar-refractivity contribution in [2.45, 2.75) is 33.1 Å². The van der Waals surface area contributed by atoms with Gasteiger partial charge in [0.15, 0.2) is 0 Å². The van der Waals surface area contributed by atoms with Crippen molar-refractivity contribution < 1.29 is 19.4 Å². The highest BCUT2D eigenvalue weighted by Crippen LogP contribution is 2.25. The molecule has 1 aromatic carbocycles. The summed E-state index contributed by atoms with van der Waals surface area (Å²) in [5, 5.41) is 11.4. The van der Waals surface area contributed by atoms with Gasteiger partial charge in [-0.15, -0.1) is 11.8 Å². The first kappa shape index (κ1) is 20.4. The molecule has 24 heavy (non-hydrogen) atoms. The summed E-state index contributed by atoms with van der Waals surface area (Å²) in [5.74, 6) is 0.980. The lowest BCUT2D eigenvalue weighted by Crippen LogP contribution is -2.41. The molecule has 0 heterocycles. The molecule has 1 aromatic rings. The monoisotopic (exact) mass is 353 g/mol. The van der Waals surface area contributed by atoms with Gasteiger partial charge in [-0.05, 0) is 37.5 Å². The van der Waals surface area contributed by atoms with Gasteiger partial charge in [-0.1, -0.05) is 26.0 Å². The largest absolute Gasteiger partial charge is 0.493 e. The summed E-state index contributed by atoms with van der Waals surface area (Å²) in [6.07, 6.45) is 0. The summed E-state index contributed by atoms with van der Waals surface area (Å²) in [6, 6.07) is 7.59. The van der Waals surface area contributed by atoms with Gasteiger partial charge in [-0.3, -0.25) is 9.59 Å². The van der Waals surface area contributed by atoms with Crippen molar-refractivity contribution in [3.8, 4) is 5.75 Å². The van der Waals surface area contributed by atoms with Gasteiger partial charge in [0.1, 0.15) is 5.75 Å². The molecule has 0 radical (unpaired) electrons. The number of rotatable bonds is 10. The SMILES string of the molecule is CC(C)COc1ccc(C(C)(C)C(=O)NCCSCC(=O)O)cc1. The number of hydrogen-bond donors (Lipinski definition) is 2. The Hall–Kier alpha value is -1.69. The van der Waals surface area contributed by atoms with Crippen LogP contribution in [0.15, 0.2) is 24.3 Å². The summed E-state index contributed by atoms with van der Waals surface area (Å²) in [6.45, 7) is 9.05. The minimum atomic E-state index is -0.841. The van der Waals surface area contributed by atoms with Crippen molar-refractivity contribution in [2.24, 2.45) is 5.92 Å². The number of nitrogens with one attached hydrogen (secondary N) is 1. The number of benzene rings is 1. The maximum absolute atomic E-state index is 12.4. The molecule has 0 aliphatic rings. The van der Waals surface area contributed by atoms with Crippen molar-refractivity contribution in [2.75, 3.05) is 24.7 Å². The fourth-order valence-electron chi connectivity index (χ4n) is 1.98. The molecule has 0 fully saturated rings. The van der Waals surface area contributed by atoms with Crippen molar-refractivity contribution in [3.05, 3.63) is 29.8 Å². The number of carbonyl (C=O) groups excluding carboxylic acids is 1. The average molecular weight is 353 g/mol. The summed E-state index contributed by atoms with van der Waals surface area (Å²) in [4.78, 5) is 22.8. The first-order chi connectivity index (χ1) is 11.2. The molecule has 0 spiro atoms. The van der Waals surface area contributed by atoms with Gasteiger partial charge in [0, 0.05) is 12.3 Å². The second kappa shape index (κ2) is 9.57. The van der Waals surface area contributed by atoms with Crippen LogP contribution in [-0.2, 0) is 15.0 Å². The maximum Gasteiger partial charge on any atom is 0.313 e. The van der Waals surface area contributed by atoms with E-state index in [1.807, 2.05) is 38.1 Å². The summed E-state index contributed by atoms with van der Waals surface area (Å²) >= 11 is 1.29. The number of thioether (sulfide) groups is 1. The Morgan fingerprint density at radius 3 is 2.42 bits per heavy atom. The van der Waals surface area contributed by atoms with Gasteiger partial charge in [0.2, 0.25) is 5.91 Å².